The second-order valence-electron chi connectivity index (χ2n) is 11.1. The van der Waals surface area contributed by atoms with Gasteiger partial charge in [-0.05, 0) is 68.6 Å². The van der Waals surface area contributed by atoms with E-state index in [9.17, 15) is 27.5 Å². The number of hydrogen-bond acceptors (Lipinski definition) is 9. The summed E-state index contributed by atoms with van der Waals surface area (Å²) in [4.78, 5) is 33.7. The first kappa shape index (κ1) is 30.3. The van der Waals surface area contributed by atoms with Gasteiger partial charge in [-0.15, -0.1) is 11.3 Å². The van der Waals surface area contributed by atoms with Crippen molar-refractivity contribution in [2.24, 2.45) is 22.7 Å². The van der Waals surface area contributed by atoms with Gasteiger partial charge in [-0.1, -0.05) is 12.1 Å². The molecule has 226 valence electrons. The molecular formula is C29H35FN4O6S2. The molecule has 1 atom stereocenters. The number of carbonyl (C=O) groups excluding carboxylic acids is 1. The SMILES string of the molecule is COC(=O)C1=C(C2CCN(S(=O)(=O)CC3CCC(C(=O)O)CC3)CC2)NC(c2nccs2)=N[C@H]1c1cccc(F)c1C. The first-order valence-electron chi connectivity index (χ1n) is 14.1. The van der Waals surface area contributed by atoms with Crippen molar-refractivity contribution in [2.45, 2.75) is 51.5 Å². The molecule has 42 heavy (non-hydrogen) atoms. The van der Waals surface area contributed by atoms with Gasteiger partial charge in [0, 0.05) is 36.3 Å². The maximum atomic E-state index is 14.6. The lowest BCUT2D eigenvalue weighted by molar-refractivity contribution is -0.143. The van der Waals surface area contributed by atoms with Crippen LogP contribution >= 0.6 is 11.3 Å². The smallest absolute Gasteiger partial charge is 0.338 e. The molecule has 1 aromatic heterocycles. The Labute approximate surface area is 248 Å². The predicted molar refractivity (Wildman–Crippen MR) is 156 cm³/mol. The lowest BCUT2D eigenvalue weighted by atomic mass is 9.83. The summed E-state index contributed by atoms with van der Waals surface area (Å²) in [6.07, 6.45) is 4.77. The molecule has 1 aromatic carbocycles. The molecule has 0 radical (unpaired) electrons. The number of aromatic nitrogens is 1. The highest BCUT2D eigenvalue weighted by Crippen LogP contribution is 2.39. The van der Waals surface area contributed by atoms with E-state index < -0.39 is 39.7 Å². The standard InChI is InChI=1S/C29H35FN4O6S2/c1-17-21(4-3-5-22(17)30)25-23(29(37)40-2)24(32-26(33-25)27-31-12-15-41-27)19-10-13-34(14-11-19)42(38,39)16-18-6-8-20(9-7-18)28(35)36/h3-5,12,15,18-20,25H,6-11,13-14,16H2,1-2H3,(H,32,33)(H,35,36)/t18?,20?,25-/m0/s1. The first-order valence-corrected chi connectivity index (χ1v) is 16.6. The molecule has 13 heteroatoms. The van der Waals surface area contributed by atoms with E-state index in [0.717, 1.165) is 0 Å². The van der Waals surface area contributed by atoms with Crippen LogP contribution in [0, 0.1) is 30.5 Å². The number of rotatable bonds is 8. The number of piperidine rings is 1. The van der Waals surface area contributed by atoms with Crippen molar-refractivity contribution in [1.82, 2.24) is 14.6 Å². The first-order chi connectivity index (χ1) is 20.1. The summed E-state index contributed by atoms with van der Waals surface area (Å²) in [6, 6.07) is 3.87. The van der Waals surface area contributed by atoms with E-state index in [4.69, 9.17) is 9.73 Å². The van der Waals surface area contributed by atoms with Gasteiger partial charge in [0.15, 0.2) is 10.8 Å². The van der Waals surface area contributed by atoms with Crippen molar-refractivity contribution in [3.05, 3.63) is 63.0 Å². The van der Waals surface area contributed by atoms with Gasteiger partial charge in [0.05, 0.1) is 24.4 Å². The molecule has 0 spiro atoms. The van der Waals surface area contributed by atoms with Crippen LogP contribution in [0.1, 0.15) is 60.7 Å². The third-order valence-corrected chi connectivity index (χ3v) is 11.4. The fourth-order valence-electron chi connectivity index (χ4n) is 6.22. The minimum absolute atomic E-state index is 0.0140. The Balaban J connectivity index is 1.39. The van der Waals surface area contributed by atoms with E-state index in [1.807, 2.05) is 5.38 Å². The summed E-state index contributed by atoms with van der Waals surface area (Å²) in [5.41, 5.74) is 1.80. The van der Waals surface area contributed by atoms with Gasteiger partial charge in [0.25, 0.3) is 0 Å². The minimum atomic E-state index is -3.54. The monoisotopic (exact) mass is 618 g/mol. The second kappa shape index (κ2) is 12.6. The molecule has 2 aliphatic heterocycles. The lowest BCUT2D eigenvalue weighted by Gasteiger charge is -2.37. The Morgan fingerprint density at radius 1 is 1.17 bits per heavy atom. The highest BCUT2D eigenvalue weighted by molar-refractivity contribution is 7.89. The second-order valence-corrected chi connectivity index (χ2v) is 14.0. The van der Waals surface area contributed by atoms with E-state index in [1.54, 1.807) is 25.3 Å². The molecule has 1 saturated carbocycles. The number of hydrogen-bond donors (Lipinski definition) is 2. The molecule has 5 rings (SSSR count). The number of benzene rings is 1. The molecule has 0 amide bonds. The van der Waals surface area contributed by atoms with Gasteiger partial charge in [0.1, 0.15) is 11.9 Å². The number of carbonyl (C=O) groups is 2. The average molecular weight is 619 g/mol. The number of carboxylic acid groups (broad SMARTS) is 1. The number of carboxylic acids is 1. The van der Waals surface area contributed by atoms with Crippen molar-refractivity contribution in [1.29, 1.82) is 0 Å². The quantitative estimate of drug-likeness (QED) is 0.423. The number of nitrogens with one attached hydrogen (secondary N) is 1. The molecule has 0 bridgehead atoms. The largest absolute Gasteiger partial charge is 0.481 e. The number of allylic oxidation sites excluding steroid dienone is 1. The Hall–Kier alpha value is -3.16. The van der Waals surface area contributed by atoms with Crippen LogP contribution in [0.2, 0.25) is 0 Å². The van der Waals surface area contributed by atoms with Crippen LogP contribution in [-0.4, -0.2) is 66.5 Å². The number of amidine groups is 1. The zero-order valence-electron chi connectivity index (χ0n) is 23.6. The van der Waals surface area contributed by atoms with Crippen molar-refractivity contribution < 1.29 is 32.2 Å². The van der Waals surface area contributed by atoms with E-state index in [1.165, 1.54) is 28.8 Å². The van der Waals surface area contributed by atoms with Crippen molar-refractivity contribution >= 4 is 39.1 Å². The lowest BCUT2D eigenvalue weighted by Crippen LogP contribution is -2.44. The minimum Gasteiger partial charge on any atom is -0.481 e. The Kier molecular flexibility index (Phi) is 9.09. The van der Waals surface area contributed by atoms with Gasteiger partial charge < -0.3 is 15.2 Å². The van der Waals surface area contributed by atoms with Crippen molar-refractivity contribution in [3.8, 4) is 0 Å². The summed E-state index contributed by atoms with van der Waals surface area (Å²) in [5, 5.41) is 15.0. The molecule has 1 aliphatic carbocycles. The zero-order chi connectivity index (χ0) is 30.0. The van der Waals surface area contributed by atoms with E-state index in [-0.39, 0.29) is 36.3 Å². The maximum absolute atomic E-state index is 14.6. The summed E-state index contributed by atoms with van der Waals surface area (Å²) < 4.78 is 48.0. The molecule has 2 fully saturated rings. The number of methoxy groups -OCH3 is 1. The molecule has 1 saturated heterocycles. The van der Waals surface area contributed by atoms with Crippen LogP contribution in [0.3, 0.4) is 0 Å². The Morgan fingerprint density at radius 2 is 1.88 bits per heavy atom. The number of aliphatic imine (C=N–C) groups is 1. The average Bonchev–Trinajstić information content (AvgIpc) is 3.53. The predicted octanol–water partition coefficient (Wildman–Crippen LogP) is 4.04. The van der Waals surface area contributed by atoms with Crippen molar-refractivity contribution in [3.63, 3.8) is 0 Å². The molecule has 2 aromatic rings. The Bertz CT molecular complexity index is 1490. The third kappa shape index (κ3) is 6.28. The normalized spacial score (nSPS) is 24.2. The van der Waals surface area contributed by atoms with Crippen molar-refractivity contribution in [2.75, 3.05) is 26.0 Å². The highest BCUT2D eigenvalue weighted by atomic mass is 32.2. The summed E-state index contributed by atoms with van der Waals surface area (Å²) in [5.74, 6) is -1.96. The number of ether oxygens (including phenoxy) is 1. The number of halogens is 1. The molecule has 2 N–H and O–H groups in total. The van der Waals surface area contributed by atoms with E-state index in [0.29, 0.717) is 66.2 Å². The van der Waals surface area contributed by atoms with Crippen LogP contribution in [0.25, 0.3) is 0 Å². The van der Waals surface area contributed by atoms with E-state index in [2.05, 4.69) is 10.3 Å². The molecule has 3 heterocycles. The summed E-state index contributed by atoms with van der Waals surface area (Å²) in [7, 11) is -2.24. The molecular weight excluding hydrogens is 583 g/mol. The van der Waals surface area contributed by atoms with Crippen LogP contribution in [0.5, 0.6) is 0 Å². The zero-order valence-corrected chi connectivity index (χ0v) is 25.2. The van der Waals surface area contributed by atoms with Crippen LogP contribution < -0.4 is 5.32 Å². The third-order valence-electron chi connectivity index (χ3n) is 8.62. The number of esters is 1. The number of sulfonamides is 1. The van der Waals surface area contributed by atoms with Gasteiger partial charge in [-0.25, -0.2) is 26.9 Å². The summed E-state index contributed by atoms with van der Waals surface area (Å²) >= 11 is 1.38. The van der Waals surface area contributed by atoms with Gasteiger partial charge >= 0.3 is 11.9 Å². The Morgan fingerprint density at radius 3 is 2.50 bits per heavy atom. The fraction of sp³-hybridized carbons (Fsp3) is 0.517. The molecule has 3 aliphatic rings. The number of nitrogens with zero attached hydrogens (tertiary/aromatic N) is 3. The van der Waals surface area contributed by atoms with Crippen LogP contribution in [-0.2, 0) is 24.3 Å². The summed E-state index contributed by atoms with van der Waals surface area (Å²) in [6.45, 7) is 2.21. The van der Waals surface area contributed by atoms with Gasteiger partial charge in [-0.2, -0.15) is 0 Å². The molecule has 0 unspecified atom stereocenters. The highest BCUT2D eigenvalue weighted by Gasteiger charge is 2.39. The van der Waals surface area contributed by atoms with E-state index >= 15 is 0 Å². The van der Waals surface area contributed by atoms with Gasteiger partial charge in [-0.3, -0.25) is 9.79 Å². The van der Waals surface area contributed by atoms with Crippen LogP contribution in [0.15, 0.2) is 46.0 Å². The number of aliphatic carboxylic acids is 1. The molecule has 10 nitrogen and oxygen atoms in total. The number of thiazole rings is 1. The maximum Gasteiger partial charge on any atom is 0.338 e. The fourth-order valence-corrected chi connectivity index (χ4v) is 8.71. The topological polar surface area (TPSA) is 138 Å². The van der Waals surface area contributed by atoms with Gasteiger partial charge in [0.2, 0.25) is 10.0 Å². The van der Waals surface area contributed by atoms with Crippen LogP contribution in [0.4, 0.5) is 4.39 Å².